The summed E-state index contributed by atoms with van der Waals surface area (Å²) >= 11 is 0. The van der Waals surface area contributed by atoms with Crippen LogP contribution in [0.5, 0.6) is 0 Å². The number of rotatable bonds is 8. The highest BCUT2D eigenvalue weighted by atomic mass is 16.5. The summed E-state index contributed by atoms with van der Waals surface area (Å²) in [4.78, 5) is 11.1. The second-order valence-corrected chi connectivity index (χ2v) is 5.24. The summed E-state index contributed by atoms with van der Waals surface area (Å²) in [5.41, 5.74) is 0. The molecule has 2 N–H and O–H groups in total. The standard InChI is InChI=1S/C14H27NO3/c1-3-8-15-13(14(16)17)10-18-12-7-5-6-11(4-2)9-12/h11-13,15H,3-10H2,1-2H3,(H,16,17). The Hall–Kier alpha value is -0.610. The highest BCUT2D eigenvalue weighted by Gasteiger charge is 2.24. The van der Waals surface area contributed by atoms with E-state index in [0.29, 0.717) is 0 Å². The largest absolute Gasteiger partial charge is 0.480 e. The summed E-state index contributed by atoms with van der Waals surface area (Å²) < 4.78 is 5.79. The second-order valence-electron chi connectivity index (χ2n) is 5.24. The Morgan fingerprint density at radius 1 is 1.44 bits per heavy atom. The van der Waals surface area contributed by atoms with Crippen molar-refractivity contribution in [3.63, 3.8) is 0 Å². The van der Waals surface area contributed by atoms with Crippen LogP contribution < -0.4 is 5.32 Å². The van der Waals surface area contributed by atoms with Gasteiger partial charge in [0.05, 0.1) is 12.7 Å². The predicted octanol–water partition coefficient (Wildman–Crippen LogP) is 2.42. The van der Waals surface area contributed by atoms with Crippen molar-refractivity contribution in [1.29, 1.82) is 0 Å². The molecule has 0 radical (unpaired) electrons. The zero-order chi connectivity index (χ0) is 13.4. The van der Waals surface area contributed by atoms with Crippen LogP contribution in [0.15, 0.2) is 0 Å². The molecule has 18 heavy (non-hydrogen) atoms. The van der Waals surface area contributed by atoms with E-state index in [9.17, 15) is 4.79 Å². The van der Waals surface area contributed by atoms with Crippen molar-refractivity contribution in [3.8, 4) is 0 Å². The maximum absolute atomic E-state index is 11.1. The van der Waals surface area contributed by atoms with Crippen LogP contribution >= 0.6 is 0 Å². The Bertz CT molecular complexity index is 245. The minimum absolute atomic E-state index is 0.258. The van der Waals surface area contributed by atoms with Crippen LogP contribution in [-0.2, 0) is 9.53 Å². The SMILES string of the molecule is CCCNC(COC1CCCC(CC)C1)C(=O)O. The maximum atomic E-state index is 11.1. The highest BCUT2D eigenvalue weighted by Crippen LogP contribution is 2.28. The lowest BCUT2D eigenvalue weighted by atomic mass is 9.85. The Morgan fingerprint density at radius 2 is 2.22 bits per heavy atom. The van der Waals surface area contributed by atoms with E-state index in [-0.39, 0.29) is 12.7 Å². The molecular formula is C14H27NO3. The summed E-state index contributed by atoms with van der Waals surface area (Å²) in [5.74, 6) is -0.0538. The van der Waals surface area contributed by atoms with Crippen molar-refractivity contribution in [3.05, 3.63) is 0 Å². The van der Waals surface area contributed by atoms with E-state index in [1.165, 1.54) is 19.3 Å². The van der Waals surface area contributed by atoms with Crippen LogP contribution in [0.3, 0.4) is 0 Å². The molecule has 1 saturated carbocycles. The van der Waals surface area contributed by atoms with Gasteiger partial charge in [-0.05, 0) is 31.7 Å². The van der Waals surface area contributed by atoms with Crippen molar-refractivity contribution < 1.29 is 14.6 Å². The average Bonchev–Trinajstić information content (AvgIpc) is 2.38. The van der Waals surface area contributed by atoms with Gasteiger partial charge < -0.3 is 15.2 Å². The minimum Gasteiger partial charge on any atom is -0.480 e. The van der Waals surface area contributed by atoms with Gasteiger partial charge in [-0.25, -0.2) is 0 Å². The van der Waals surface area contributed by atoms with Crippen molar-refractivity contribution >= 4 is 5.97 Å². The molecule has 0 spiro atoms. The van der Waals surface area contributed by atoms with Gasteiger partial charge in [0.2, 0.25) is 0 Å². The van der Waals surface area contributed by atoms with E-state index in [0.717, 1.165) is 31.7 Å². The lowest BCUT2D eigenvalue weighted by molar-refractivity contribution is -0.142. The second kappa shape index (κ2) is 8.48. The zero-order valence-electron chi connectivity index (χ0n) is 11.7. The number of carbonyl (C=O) groups is 1. The first-order valence-electron chi connectivity index (χ1n) is 7.25. The van der Waals surface area contributed by atoms with Gasteiger partial charge in [-0.2, -0.15) is 0 Å². The van der Waals surface area contributed by atoms with Crippen molar-refractivity contribution in [2.45, 2.75) is 64.5 Å². The zero-order valence-corrected chi connectivity index (χ0v) is 11.7. The summed E-state index contributed by atoms with van der Waals surface area (Å²) in [6, 6.07) is -0.563. The van der Waals surface area contributed by atoms with E-state index >= 15 is 0 Å². The van der Waals surface area contributed by atoms with Gasteiger partial charge in [0.25, 0.3) is 0 Å². The minimum atomic E-state index is -0.814. The van der Waals surface area contributed by atoms with Gasteiger partial charge in [0, 0.05) is 0 Å². The smallest absolute Gasteiger partial charge is 0.323 e. The van der Waals surface area contributed by atoms with Gasteiger partial charge in [-0.3, -0.25) is 4.79 Å². The van der Waals surface area contributed by atoms with Crippen LogP contribution in [0.25, 0.3) is 0 Å². The quantitative estimate of drug-likeness (QED) is 0.701. The van der Waals surface area contributed by atoms with Crippen LogP contribution in [-0.4, -0.2) is 36.4 Å². The van der Waals surface area contributed by atoms with Gasteiger partial charge in [-0.1, -0.05) is 33.1 Å². The van der Waals surface area contributed by atoms with E-state index in [2.05, 4.69) is 12.2 Å². The summed E-state index contributed by atoms with van der Waals surface area (Å²) in [7, 11) is 0. The van der Waals surface area contributed by atoms with Crippen molar-refractivity contribution in [2.24, 2.45) is 5.92 Å². The molecule has 1 aliphatic carbocycles. The van der Waals surface area contributed by atoms with Crippen LogP contribution in [0.1, 0.15) is 52.4 Å². The monoisotopic (exact) mass is 257 g/mol. The molecular weight excluding hydrogens is 230 g/mol. The van der Waals surface area contributed by atoms with E-state index < -0.39 is 12.0 Å². The van der Waals surface area contributed by atoms with Gasteiger partial charge in [0.1, 0.15) is 6.04 Å². The molecule has 0 aliphatic heterocycles. The Balaban J connectivity index is 2.30. The number of carboxylic acids is 1. The Morgan fingerprint density at radius 3 is 2.83 bits per heavy atom. The number of hydrogen-bond acceptors (Lipinski definition) is 3. The van der Waals surface area contributed by atoms with Gasteiger partial charge in [-0.15, -0.1) is 0 Å². The average molecular weight is 257 g/mol. The van der Waals surface area contributed by atoms with Crippen LogP contribution in [0.4, 0.5) is 0 Å². The molecule has 1 fully saturated rings. The third-order valence-electron chi connectivity index (χ3n) is 3.75. The Kier molecular flexibility index (Phi) is 7.28. The van der Waals surface area contributed by atoms with Gasteiger partial charge in [0.15, 0.2) is 0 Å². The maximum Gasteiger partial charge on any atom is 0.323 e. The highest BCUT2D eigenvalue weighted by molar-refractivity contribution is 5.73. The fourth-order valence-electron chi connectivity index (χ4n) is 2.53. The number of nitrogens with one attached hydrogen (secondary N) is 1. The summed E-state index contributed by atoms with van der Waals surface area (Å²) in [5, 5.41) is 12.1. The number of carboxylic acid groups (broad SMARTS) is 1. The predicted molar refractivity (Wildman–Crippen MR) is 71.7 cm³/mol. The topological polar surface area (TPSA) is 58.6 Å². The molecule has 1 aliphatic rings. The fourth-order valence-corrected chi connectivity index (χ4v) is 2.53. The molecule has 0 saturated heterocycles. The molecule has 3 atom stereocenters. The van der Waals surface area contributed by atoms with E-state index in [4.69, 9.17) is 9.84 Å². The van der Waals surface area contributed by atoms with E-state index in [1.807, 2.05) is 6.92 Å². The third-order valence-corrected chi connectivity index (χ3v) is 3.75. The van der Waals surface area contributed by atoms with Crippen molar-refractivity contribution in [1.82, 2.24) is 5.32 Å². The summed E-state index contributed by atoms with van der Waals surface area (Å²) in [6.07, 6.45) is 7.08. The molecule has 1 rings (SSSR count). The van der Waals surface area contributed by atoms with Crippen molar-refractivity contribution in [2.75, 3.05) is 13.2 Å². The molecule has 0 aromatic heterocycles. The molecule has 0 bridgehead atoms. The molecule has 4 heteroatoms. The van der Waals surface area contributed by atoms with Crippen LogP contribution in [0.2, 0.25) is 0 Å². The lowest BCUT2D eigenvalue weighted by Crippen LogP contribution is -2.42. The van der Waals surface area contributed by atoms with Gasteiger partial charge >= 0.3 is 5.97 Å². The first-order valence-corrected chi connectivity index (χ1v) is 7.25. The number of aliphatic carboxylic acids is 1. The third kappa shape index (κ3) is 5.36. The molecule has 3 unspecified atom stereocenters. The first-order chi connectivity index (χ1) is 8.67. The molecule has 0 aromatic rings. The lowest BCUT2D eigenvalue weighted by Gasteiger charge is -2.29. The normalized spacial score (nSPS) is 25.9. The number of ether oxygens (including phenoxy) is 1. The number of hydrogen-bond donors (Lipinski definition) is 2. The Labute approximate surface area is 110 Å². The van der Waals surface area contributed by atoms with Crippen LogP contribution in [0, 0.1) is 5.92 Å². The molecule has 0 aromatic carbocycles. The molecule has 0 amide bonds. The first kappa shape index (κ1) is 15.4. The molecule has 0 heterocycles. The van der Waals surface area contributed by atoms with E-state index in [1.54, 1.807) is 0 Å². The fraction of sp³-hybridized carbons (Fsp3) is 0.929. The molecule has 106 valence electrons. The molecule has 4 nitrogen and oxygen atoms in total. The summed E-state index contributed by atoms with van der Waals surface area (Å²) in [6.45, 7) is 5.26.